The maximum Gasteiger partial charge on any atom is 0.254 e. The van der Waals surface area contributed by atoms with Gasteiger partial charge in [0, 0.05) is 25.6 Å². The van der Waals surface area contributed by atoms with Crippen LogP contribution < -0.4 is 0 Å². The van der Waals surface area contributed by atoms with E-state index in [1.807, 2.05) is 20.8 Å². The van der Waals surface area contributed by atoms with Crippen LogP contribution in [0.15, 0.2) is 15.5 Å². The molecule has 0 bridgehead atoms. The standard InChI is InChI=1S/C18H30N4O4S/c1-13(23)6-7-17(25)21-8-9-22-14(12-21)15(11-19-22)27(5,26)20-16(24)10-18(2,3)4/h11,13,23H,6-10,12H2,1-5H3. The minimum atomic E-state index is -2.94. The number of rotatable bonds is 5. The predicted octanol–water partition coefficient (Wildman–Crippen LogP) is 1.81. The van der Waals surface area contributed by atoms with Crippen molar-refractivity contribution >= 4 is 21.5 Å². The van der Waals surface area contributed by atoms with Crippen LogP contribution in [-0.4, -0.2) is 54.7 Å². The van der Waals surface area contributed by atoms with Gasteiger partial charge in [0.25, 0.3) is 5.91 Å². The van der Waals surface area contributed by atoms with E-state index in [9.17, 15) is 18.9 Å². The summed E-state index contributed by atoms with van der Waals surface area (Å²) in [6.07, 6.45) is 3.29. The van der Waals surface area contributed by atoms with Gasteiger partial charge in [0.1, 0.15) is 0 Å². The average Bonchev–Trinajstić information content (AvgIpc) is 2.93. The number of aliphatic hydroxyl groups excluding tert-OH is 1. The molecular weight excluding hydrogens is 368 g/mol. The minimum Gasteiger partial charge on any atom is -0.393 e. The van der Waals surface area contributed by atoms with E-state index in [1.165, 1.54) is 12.5 Å². The van der Waals surface area contributed by atoms with Gasteiger partial charge < -0.3 is 10.0 Å². The summed E-state index contributed by atoms with van der Waals surface area (Å²) in [5.74, 6) is -0.451. The van der Waals surface area contributed by atoms with E-state index in [1.54, 1.807) is 16.5 Å². The van der Waals surface area contributed by atoms with Gasteiger partial charge in [0.2, 0.25) is 5.91 Å². The summed E-state index contributed by atoms with van der Waals surface area (Å²) in [5.41, 5.74) is 0.424. The zero-order valence-electron chi connectivity index (χ0n) is 16.8. The molecule has 1 aliphatic heterocycles. The Balaban J connectivity index is 2.23. The van der Waals surface area contributed by atoms with Crippen LogP contribution >= 0.6 is 0 Å². The van der Waals surface area contributed by atoms with Gasteiger partial charge in [-0.2, -0.15) is 9.46 Å². The van der Waals surface area contributed by atoms with E-state index in [-0.39, 0.29) is 30.7 Å². The van der Waals surface area contributed by atoms with Crippen molar-refractivity contribution in [2.24, 2.45) is 9.78 Å². The SMILES string of the molecule is CC(O)CCC(=O)N1CCn2ncc(S(C)(=O)=NC(=O)CC(C)(C)C)c2C1. The first-order valence-corrected chi connectivity index (χ1v) is 11.1. The monoisotopic (exact) mass is 398 g/mol. The highest BCUT2D eigenvalue weighted by Gasteiger charge is 2.27. The van der Waals surface area contributed by atoms with Gasteiger partial charge in [0.15, 0.2) is 0 Å². The number of carbonyl (C=O) groups is 2. The van der Waals surface area contributed by atoms with Gasteiger partial charge in [-0.15, -0.1) is 0 Å². The molecule has 0 saturated carbocycles. The maximum atomic E-state index is 13.1. The van der Waals surface area contributed by atoms with Crippen LogP contribution in [0.4, 0.5) is 0 Å². The topological polar surface area (TPSA) is 105 Å². The first-order valence-electron chi connectivity index (χ1n) is 9.14. The fourth-order valence-electron chi connectivity index (χ4n) is 2.97. The highest BCUT2D eigenvalue weighted by atomic mass is 32.2. The first-order chi connectivity index (χ1) is 12.4. The van der Waals surface area contributed by atoms with Crippen LogP contribution in [0.3, 0.4) is 0 Å². The number of fused-ring (bicyclic) bond motifs is 1. The molecule has 1 N–H and O–H groups in total. The molecule has 2 rings (SSSR count). The van der Waals surface area contributed by atoms with Crippen molar-refractivity contribution in [1.29, 1.82) is 0 Å². The molecule has 8 nitrogen and oxygen atoms in total. The number of carbonyl (C=O) groups excluding carboxylic acids is 2. The van der Waals surface area contributed by atoms with Crippen molar-refractivity contribution in [3.05, 3.63) is 11.9 Å². The lowest BCUT2D eigenvalue weighted by Crippen LogP contribution is -2.39. The molecule has 1 aromatic rings. The van der Waals surface area contributed by atoms with Gasteiger partial charge in [0.05, 0.1) is 45.7 Å². The molecule has 0 saturated heterocycles. The Hall–Kier alpha value is -1.74. The Bertz CT molecular complexity index is 829. The molecule has 1 aromatic heterocycles. The molecule has 2 atom stereocenters. The highest BCUT2D eigenvalue weighted by molar-refractivity contribution is 7.93. The normalized spacial score (nSPS) is 17.8. The number of hydrogen-bond acceptors (Lipinski definition) is 5. The number of aliphatic hydroxyl groups is 1. The predicted molar refractivity (Wildman–Crippen MR) is 102 cm³/mol. The summed E-state index contributed by atoms with van der Waals surface area (Å²) < 4.78 is 18.8. The lowest BCUT2D eigenvalue weighted by molar-refractivity contribution is -0.133. The van der Waals surface area contributed by atoms with Crippen LogP contribution in [-0.2, 0) is 32.4 Å². The molecule has 27 heavy (non-hydrogen) atoms. The zero-order chi connectivity index (χ0) is 20.4. The van der Waals surface area contributed by atoms with E-state index in [4.69, 9.17) is 0 Å². The van der Waals surface area contributed by atoms with E-state index in [0.29, 0.717) is 30.1 Å². The Morgan fingerprint density at radius 1 is 1.37 bits per heavy atom. The third-order valence-electron chi connectivity index (χ3n) is 4.33. The molecule has 152 valence electrons. The molecule has 2 amide bonds. The van der Waals surface area contributed by atoms with Crippen LogP contribution in [0.1, 0.15) is 52.7 Å². The zero-order valence-corrected chi connectivity index (χ0v) is 17.6. The molecule has 0 radical (unpaired) electrons. The van der Waals surface area contributed by atoms with Crippen molar-refractivity contribution < 1.29 is 18.9 Å². The summed E-state index contributed by atoms with van der Waals surface area (Å²) in [5, 5.41) is 13.6. The van der Waals surface area contributed by atoms with Crippen molar-refractivity contribution in [3.63, 3.8) is 0 Å². The fourth-order valence-corrected chi connectivity index (χ4v) is 4.37. The molecule has 0 fully saturated rings. The van der Waals surface area contributed by atoms with Crippen LogP contribution in [0.2, 0.25) is 0 Å². The van der Waals surface area contributed by atoms with E-state index < -0.39 is 21.7 Å². The van der Waals surface area contributed by atoms with Crippen molar-refractivity contribution in [1.82, 2.24) is 14.7 Å². The third kappa shape index (κ3) is 5.87. The highest BCUT2D eigenvalue weighted by Crippen LogP contribution is 2.25. The summed E-state index contributed by atoms with van der Waals surface area (Å²) in [4.78, 5) is 26.7. The number of hydrogen-bond donors (Lipinski definition) is 1. The van der Waals surface area contributed by atoms with Crippen molar-refractivity contribution in [2.75, 3.05) is 12.8 Å². The summed E-state index contributed by atoms with van der Waals surface area (Å²) in [7, 11) is -2.94. The van der Waals surface area contributed by atoms with Gasteiger partial charge >= 0.3 is 0 Å². The second kappa shape index (κ2) is 8.10. The molecule has 2 heterocycles. The summed E-state index contributed by atoms with van der Waals surface area (Å²) in [6.45, 7) is 8.73. The lowest BCUT2D eigenvalue weighted by atomic mass is 9.92. The van der Waals surface area contributed by atoms with Crippen LogP contribution in [0.25, 0.3) is 0 Å². The van der Waals surface area contributed by atoms with Gasteiger partial charge in [-0.05, 0) is 18.8 Å². The van der Waals surface area contributed by atoms with E-state index in [2.05, 4.69) is 9.46 Å². The number of nitrogens with zero attached hydrogens (tertiary/aromatic N) is 4. The van der Waals surface area contributed by atoms with Gasteiger partial charge in [-0.3, -0.25) is 14.3 Å². The Kier molecular flexibility index (Phi) is 6.47. The summed E-state index contributed by atoms with van der Waals surface area (Å²) in [6, 6.07) is 0. The molecule has 9 heteroatoms. The fraction of sp³-hybridized carbons (Fsp3) is 0.722. The maximum absolute atomic E-state index is 13.1. The second-order valence-electron chi connectivity index (χ2n) is 8.41. The Labute approximate surface area is 161 Å². The Morgan fingerprint density at radius 2 is 2.04 bits per heavy atom. The number of amides is 2. The molecule has 2 unspecified atom stereocenters. The van der Waals surface area contributed by atoms with Crippen molar-refractivity contribution in [3.8, 4) is 0 Å². The molecular formula is C18H30N4O4S. The average molecular weight is 399 g/mol. The molecule has 0 aromatic carbocycles. The van der Waals surface area contributed by atoms with Crippen molar-refractivity contribution in [2.45, 2.75) is 71.0 Å². The summed E-state index contributed by atoms with van der Waals surface area (Å²) >= 11 is 0. The first kappa shape index (κ1) is 21.6. The lowest BCUT2D eigenvalue weighted by Gasteiger charge is -2.28. The molecule has 1 aliphatic rings. The molecule has 0 aliphatic carbocycles. The second-order valence-corrected chi connectivity index (χ2v) is 10.6. The van der Waals surface area contributed by atoms with Crippen LogP contribution in [0, 0.1) is 5.41 Å². The van der Waals surface area contributed by atoms with Gasteiger partial charge in [-0.1, -0.05) is 20.8 Å². The quantitative estimate of drug-likeness (QED) is 0.814. The minimum absolute atomic E-state index is 0.0577. The third-order valence-corrected chi connectivity index (χ3v) is 6.04. The molecule has 0 spiro atoms. The van der Waals surface area contributed by atoms with E-state index in [0.717, 1.165) is 0 Å². The smallest absolute Gasteiger partial charge is 0.254 e. The Morgan fingerprint density at radius 3 is 2.63 bits per heavy atom. The van der Waals surface area contributed by atoms with E-state index >= 15 is 0 Å². The largest absolute Gasteiger partial charge is 0.393 e. The van der Waals surface area contributed by atoms with Gasteiger partial charge in [-0.25, -0.2) is 4.21 Å². The van der Waals surface area contributed by atoms with Crippen LogP contribution in [0.5, 0.6) is 0 Å². The number of aromatic nitrogens is 2.